The summed E-state index contributed by atoms with van der Waals surface area (Å²) in [6.45, 7) is 2.94. The second-order valence-electron chi connectivity index (χ2n) is 3.28. The van der Waals surface area contributed by atoms with Crippen LogP contribution in [0.25, 0.3) is 0 Å². The molecule has 0 radical (unpaired) electrons. The standard InChI is InChI=1S/C10H13ClN2O3/c1-7-5-9(13(14)15)8(11)6-10(7)16-4-3-12-2/h5-6,12H,3-4H2,1-2H3. The summed E-state index contributed by atoms with van der Waals surface area (Å²) in [5.41, 5.74) is 0.604. The minimum absolute atomic E-state index is 0.0926. The van der Waals surface area contributed by atoms with E-state index in [1.54, 1.807) is 6.92 Å². The highest BCUT2D eigenvalue weighted by Crippen LogP contribution is 2.31. The van der Waals surface area contributed by atoms with Crippen LogP contribution in [0.4, 0.5) is 5.69 Å². The summed E-state index contributed by atoms with van der Waals surface area (Å²) in [4.78, 5) is 10.1. The number of nitro benzene ring substituents is 1. The van der Waals surface area contributed by atoms with E-state index in [2.05, 4.69) is 5.32 Å². The van der Waals surface area contributed by atoms with Crippen molar-refractivity contribution in [2.45, 2.75) is 6.92 Å². The van der Waals surface area contributed by atoms with Gasteiger partial charge in [0, 0.05) is 18.7 Å². The molecule has 0 atom stereocenters. The average Bonchev–Trinajstić information content (AvgIpc) is 2.22. The van der Waals surface area contributed by atoms with Crippen molar-refractivity contribution in [3.8, 4) is 5.75 Å². The molecular formula is C10H13ClN2O3. The summed E-state index contributed by atoms with van der Waals surface area (Å²) >= 11 is 5.77. The molecule has 0 bridgehead atoms. The first kappa shape index (κ1) is 12.7. The number of benzene rings is 1. The van der Waals surface area contributed by atoms with Crippen molar-refractivity contribution in [1.82, 2.24) is 5.32 Å². The monoisotopic (exact) mass is 244 g/mol. The molecule has 16 heavy (non-hydrogen) atoms. The van der Waals surface area contributed by atoms with Gasteiger partial charge in [-0.2, -0.15) is 0 Å². The third kappa shape index (κ3) is 3.08. The number of nitrogens with one attached hydrogen (secondary N) is 1. The van der Waals surface area contributed by atoms with Gasteiger partial charge in [0.1, 0.15) is 17.4 Å². The van der Waals surface area contributed by atoms with Gasteiger partial charge in [0.25, 0.3) is 5.69 Å². The van der Waals surface area contributed by atoms with E-state index in [0.717, 1.165) is 0 Å². The Morgan fingerprint density at radius 1 is 1.56 bits per heavy atom. The number of hydrogen-bond acceptors (Lipinski definition) is 4. The largest absolute Gasteiger partial charge is 0.492 e. The zero-order chi connectivity index (χ0) is 12.1. The van der Waals surface area contributed by atoms with Crippen LogP contribution in [0.3, 0.4) is 0 Å². The maximum atomic E-state index is 10.6. The predicted octanol–water partition coefficient (Wildman–Crippen LogP) is 2.15. The SMILES string of the molecule is CNCCOc1cc(Cl)c([N+](=O)[O-])cc1C. The molecule has 0 aliphatic heterocycles. The van der Waals surface area contributed by atoms with Crippen LogP contribution in [0.2, 0.25) is 5.02 Å². The second kappa shape index (κ2) is 5.67. The molecule has 1 aromatic carbocycles. The van der Waals surface area contributed by atoms with Crippen molar-refractivity contribution in [2.24, 2.45) is 0 Å². The van der Waals surface area contributed by atoms with Crippen LogP contribution in [0.5, 0.6) is 5.75 Å². The molecule has 6 heteroatoms. The van der Waals surface area contributed by atoms with Crippen LogP contribution in [0, 0.1) is 17.0 Å². The predicted molar refractivity (Wildman–Crippen MR) is 62.3 cm³/mol. The Labute approximate surface area is 98.5 Å². The lowest BCUT2D eigenvalue weighted by Gasteiger charge is -2.09. The van der Waals surface area contributed by atoms with Gasteiger partial charge in [-0.1, -0.05) is 11.6 Å². The fourth-order valence-electron chi connectivity index (χ4n) is 1.21. The molecule has 0 saturated heterocycles. The summed E-state index contributed by atoms with van der Waals surface area (Å²) in [7, 11) is 1.82. The van der Waals surface area contributed by atoms with E-state index in [1.807, 2.05) is 7.05 Å². The van der Waals surface area contributed by atoms with Gasteiger partial charge in [-0.25, -0.2) is 0 Å². The van der Waals surface area contributed by atoms with Crippen molar-refractivity contribution in [3.05, 3.63) is 32.8 Å². The fraction of sp³-hybridized carbons (Fsp3) is 0.400. The Morgan fingerprint density at radius 3 is 2.81 bits per heavy atom. The lowest BCUT2D eigenvalue weighted by atomic mass is 10.2. The molecule has 0 aromatic heterocycles. The molecule has 0 saturated carbocycles. The Kier molecular flexibility index (Phi) is 4.52. The zero-order valence-corrected chi connectivity index (χ0v) is 9.87. The van der Waals surface area contributed by atoms with Gasteiger partial charge in [-0.3, -0.25) is 10.1 Å². The molecule has 0 aliphatic carbocycles. The molecule has 0 heterocycles. The molecule has 0 spiro atoms. The summed E-state index contributed by atoms with van der Waals surface area (Å²) in [6, 6.07) is 2.89. The molecule has 1 aromatic rings. The first-order valence-corrected chi connectivity index (χ1v) is 5.16. The van der Waals surface area contributed by atoms with Crippen LogP contribution in [-0.2, 0) is 0 Å². The van der Waals surface area contributed by atoms with Crippen molar-refractivity contribution < 1.29 is 9.66 Å². The van der Waals surface area contributed by atoms with E-state index in [9.17, 15) is 10.1 Å². The summed E-state index contributed by atoms with van der Waals surface area (Å²) < 4.78 is 5.42. The summed E-state index contributed by atoms with van der Waals surface area (Å²) in [6.07, 6.45) is 0. The van der Waals surface area contributed by atoms with E-state index in [0.29, 0.717) is 24.5 Å². The first-order chi connectivity index (χ1) is 7.56. The van der Waals surface area contributed by atoms with Gasteiger partial charge in [0.15, 0.2) is 0 Å². The number of hydrogen-bond donors (Lipinski definition) is 1. The van der Waals surface area contributed by atoms with Crippen molar-refractivity contribution in [2.75, 3.05) is 20.2 Å². The van der Waals surface area contributed by atoms with Crippen LogP contribution in [0.15, 0.2) is 12.1 Å². The summed E-state index contributed by atoms with van der Waals surface area (Å²) in [5, 5.41) is 13.6. The van der Waals surface area contributed by atoms with E-state index >= 15 is 0 Å². The molecule has 0 unspecified atom stereocenters. The quantitative estimate of drug-likeness (QED) is 0.490. The highest BCUT2D eigenvalue weighted by molar-refractivity contribution is 6.32. The number of aryl methyl sites for hydroxylation is 1. The molecular weight excluding hydrogens is 232 g/mol. The molecule has 0 aliphatic rings. The Hall–Kier alpha value is -1.33. The van der Waals surface area contributed by atoms with E-state index in [1.165, 1.54) is 12.1 Å². The zero-order valence-electron chi connectivity index (χ0n) is 9.12. The fourth-order valence-corrected chi connectivity index (χ4v) is 1.43. The second-order valence-corrected chi connectivity index (χ2v) is 3.69. The lowest BCUT2D eigenvalue weighted by molar-refractivity contribution is -0.384. The summed E-state index contributed by atoms with van der Waals surface area (Å²) in [5.74, 6) is 0.575. The average molecular weight is 245 g/mol. The first-order valence-electron chi connectivity index (χ1n) is 4.78. The Morgan fingerprint density at radius 2 is 2.25 bits per heavy atom. The van der Waals surface area contributed by atoms with Crippen LogP contribution in [-0.4, -0.2) is 25.1 Å². The number of halogens is 1. The molecule has 88 valence electrons. The Bertz CT molecular complexity index is 396. The number of rotatable bonds is 5. The van der Waals surface area contributed by atoms with Gasteiger partial charge in [0.05, 0.1) is 4.92 Å². The highest BCUT2D eigenvalue weighted by Gasteiger charge is 2.15. The molecule has 1 rings (SSSR count). The van der Waals surface area contributed by atoms with Gasteiger partial charge in [-0.05, 0) is 19.5 Å². The maximum Gasteiger partial charge on any atom is 0.288 e. The molecule has 0 fully saturated rings. The minimum atomic E-state index is -0.507. The van der Waals surface area contributed by atoms with Gasteiger partial charge < -0.3 is 10.1 Å². The van der Waals surface area contributed by atoms with Crippen molar-refractivity contribution in [1.29, 1.82) is 0 Å². The topological polar surface area (TPSA) is 64.4 Å². The smallest absolute Gasteiger partial charge is 0.288 e. The van der Waals surface area contributed by atoms with Crippen molar-refractivity contribution in [3.63, 3.8) is 0 Å². The van der Waals surface area contributed by atoms with Gasteiger partial charge in [-0.15, -0.1) is 0 Å². The van der Waals surface area contributed by atoms with Crippen LogP contribution >= 0.6 is 11.6 Å². The molecule has 1 N–H and O–H groups in total. The normalized spacial score (nSPS) is 10.2. The van der Waals surface area contributed by atoms with Crippen LogP contribution < -0.4 is 10.1 Å². The maximum absolute atomic E-state index is 10.6. The molecule has 5 nitrogen and oxygen atoms in total. The Balaban J connectivity index is 2.88. The number of nitro groups is 1. The van der Waals surface area contributed by atoms with Gasteiger partial charge in [0.2, 0.25) is 0 Å². The van der Waals surface area contributed by atoms with E-state index in [-0.39, 0.29) is 10.7 Å². The van der Waals surface area contributed by atoms with E-state index in [4.69, 9.17) is 16.3 Å². The third-order valence-electron chi connectivity index (χ3n) is 2.05. The van der Waals surface area contributed by atoms with E-state index < -0.39 is 4.92 Å². The van der Waals surface area contributed by atoms with Crippen molar-refractivity contribution >= 4 is 17.3 Å². The number of nitrogens with zero attached hydrogens (tertiary/aromatic N) is 1. The van der Waals surface area contributed by atoms with Gasteiger partial charge >= 0.3 is 0 Å². The highest BCUT2D eigenvalue weighted by atomic mass is 35.5. The van der Waals surface area contributed by atoms with Crippen LogP contribution in [0.1, 0.15) is 5.56 Å². The minimum Gasteiger partial charge on any atom is -0.492 e. The molecule has 0 amide bonds. The number of likely N-dealkylation sites (N-methyl/N-ethyl adjacent to an activating group) is 1. The number of ether oxygens (including phenoxy) is 1. The third-order valence-corrected chi connectivity index (χ3v) is 2.35. The lowest BCUT2D eigenvalue weighted by Crippen LogP contribution is -2.16.